The Bertz CT molecular complexity index is 1050. The Hall–Kier alpha value is -3.34. The second-order valence-corrected chi connectivity index (χ2v) is 5.78. The van der Waals surface area contributed by atoms with Gasteiger partial charge in [-0.3, -0.25) is 9.59 Å². The zero-order valence-electron chi connectivity index (χ0n) is 13.5. The first-order valence-electron chi connectivity index (χ1n) is 7.90. The van der Waals surface area contributed by atoms with E-state index in [4.69, 9.17) is 9.57 Å². The average Bonchev–Trinajstić information content (AvgIpc) is 2.78. The molecule has 124 valence electrons. The van der Waals surface area contributed by atoms with Crippen LogP contribution in [0.5, 0.6) is 5.75 Å². The van der Waals surface area contributed by atoms with E-state index in [1.54, 1.807) is 12.1 Å². The number of benzene rings is 3. The zero-order valence-corrected chi connectivity index (χ0v) is 13.5. The van der Waals surface area contributed by atoms with Gasteiger partial charge in [-0.25, -0.2) is 5.48 Å². The van der Waals surface area contributed by atoms with Crippen molar-refractivity contribution in [2.24, 2.45) is 0 Å². The summed E-state index contributed by atoms with van der Waals surface area (Å²) >= 11 is 0. The Labute approximate surface area is 143 Å². The maximum absolute atomic E-state index is 12.8. The van der Waals surface area contributed by atoms with Crippen LogP contribution in [0.4, 0.5) is 0 Å². The molecule has 0 radical (unpaired) electrons. The Morgan fingerprint density at radius 3 is 2.68 bits per heavy atom. The van der Waals surface area contributed by atoms with E-state index in [1.807, 2.05) is 30.3 Å². The lowest BCUT2D eigenvalue weighted by atomic mass is 9.97. The van der Waals surface area contributed by atoms with E-state index in [1.165, 1.54) is 6.92 Å². The van der Waals surface area contributed by atoms with Crippen molar-refractivity contribution in [2.45, 2.75) is 6.92 Å². The summed E-state index contributed by atoms with van der Waals surface area (Å²) in [7, 11) is 0. The minimum atomic E-state index is -0.524. The Morgan fingerprint density at radius 1 is 1.04 bits per heavy atom. The molecule has 1 heterocycles. The van der Waals surface area contributed by atoms with E-state index < -0.39 is 5.97 Å². The van der Waals surface area contributed by atoms with E-state index in [0.29, 0.717) is 11.3 Å². The van der Waals surface area contributed by atoms with Gasteiger partial charge in [-0.15, -0.1) is 0 Å². The Kier molecular flexibility index (Phi) is 3.61. The van der Waals surface area contributed by atoms with E-state index >= 15 is 0 Å². The molecule has 0 unspecified atom stereocenters. The molecule has 25 heavy (non-hydrogen) atoms. The molecule has 5 heteroatoms. The molecular formula is C20H15NO4. The van der Waals surface area contributed by atoms with Crippen molar-refractivity contribution in [3.63, 3.8) is 0 Å². The second-order valence-electron chi connectivity index (χ2n) is 5.78. The smallest absolute Gasteiger partial charge is 0.329 e. The van der Waals surface area contributed by atoms with Crippen molar-refractivity contribution in [3.05, 3.63) is 65.9 Å². The minimum absolute atomic E-state index is 0.189. The van der Waals surface area contributed by atoms with Gasteiger partial charge in [0, 0.05) is 12.3 Å². The van der Waals surface area contributed by atoms with Gasteiger partial charge in [0.25, 0.3) is 0 Å². The third-order valence-corrected chi connectivity index (χ3v) is 4.19. The summed E-state index contributed by atoms with van der Waals surface area (Å²) in [5.74, 6) is -0.253. The lowest BCUT2D eigenvalue weighted by Crippen LogP contribution is -2.23. The first kappa shape index (κ1) is 15.2. The van der Waals surface area contributed by atoms with Crippen molar-refractivity contribution in [1.29, 1.82) is 0 Å². The third-order valence-electron chi connectivity index (χ3n) is 4.19. The van der Waals surface area contributed by atoms with E-state index in [-0.39, 0.29) is 18.1 Å². The number of nitrogens with one attached hydrogen (secondary N) is 1. The monoisotopic (exact) mass is 333 g/mol. The van der Waals surface area contributed by atoms with Crippen molar-refractivity contribution in [3.8, 4) is 5.75 Å². The number of fused-ring (bicyclic) bond motifs is 5. The van der Waals surface area contributed by atoms with E-state index in [2.05, 4.69) is 17.6 Å². The van der Waals surface area contributed by atoms with E-state index in [0.717, 1.165) is 21.5 Å². The predicted octanol–water partition coefficient (Wildman–Crippen LogP) is 3.52. The van der Waals surface area contributed by atoms with Crippen LogP contribution in [-0.4, -0.2) is 18.4 Å². The molecule has 1 aliphatic heterocycles. The van der Waals surface area contributed by atoms with Gasteiger partial charge in [0.05, 0.1) is 5.56 Å². The molecule has 3 aromatic carbocycles. The minimum Gasteiger partial charge on any atom is -0.488 e. The normalized spacial score (nSPS) is 13.6. The molecule has 5 nitrogen and oxygen atoms in total. The zero-order chi connectivity index (χ0) is 17.4. The van der Waals surface area contributed by atoms with Crippen LogP contribution >= 0.6 is 0 Å². The maximum Gasteiger partial charge on any atom is 0.329 e. The van der Waals surface area contributed by atoms with Crippen LogP contribution in [0.3, 0.4) is 0 Å². The van der Waals surface area contributed by atoms with Crippen molar-refractivity contribution in [2.75, 3.05) is 6.61 Å². The molecule has 4 rings (SSSR count). The topological polar surface area (TPSA) is 64.6 Å². The SMILES string of the molecule is CC(=O)ONC1=CCOc2c(ccc3c2ccc2ccccc23)C1=O. The van der Waals surface area contributed by atoms with Gasteiger partial charge in [-0.2, -0.15) is 0 Å². The van der Waals surface area contributed by atoms with Crippen LogP contribution in [0.1, 0.15) is 17.3 Å². The second kappa shape index (κ2) is 5.94. The van der Waals surface area contributed by atoms with Crippen molar-refractivity contribution in [1.82, 2.24) is 5.48 Å². The summed E-state index contributed by atoms with van der Waals surface area (Å²) in [5, 5.41) is 4.15. The molecule has 1 aliphatic rings. The summed E-state index contributed by atoms with van der Waals surface area (Å²) in [5.41, 5.74) is 3.04. The van der Waals surface area contributed by atoms with Gasteiger partial charge < -0.3 is 9.57 Å². The fourth-order valence-corrected chi connectivity index (χ4v) is 3.06. The number of ketones is 1. The first-order valence-corrected chi connectivity index (χ1v) is 7.90. The molecule has 0 bridgehead atoms. The highest BCUT2D eigenvalue weighted by molar-refractivity contribution is 6.17. The molecule has 0 amide bonds. The van der Waals surface area contributed by atoms with Gasteiger partial charge in [-0.1, -0.05) is 36.4 Å². The van der Waals surface area contributed by atoms with Crippen LogP contribution in [0, 0.1) is 0 Å². The molecule has 0 fully saturated rings. The summed E-state index contributed by atoms with van der Waals surface area (Å²) < 4.78 is 5.84. The number of carbonyl (C=O) groups excluding carboxylic acids is 2. The summed E-state index contributed by atoms with van der Waals surface area (Å²) in [4.78, 5) is 28.5. The first-order chi connectivity index (χ1) is 12.1. The van der Waals surface area contributed by atoms with Gasteiger partial charge >= 0.3 is 5.97 Å². The maximum atomic E-state index is 12.8. The highest BCUT2D eigenvalue weighted by Crippen LogP contribution is 2.36. The molecular weight excluding hydrogens is 318 g/mol. The van der Waals surface area contributed by atoms with E-state index in [9.17, 15) is 9.59 Å². The van der Waals surface area contributed by atoms with Gasteiger partial charge in [0.1, 0.15) is 18.1 Å². The number of hydroxylamine groups is 1. The average molecular weight is 333 g/mol. The quantitative estimate of drug-likeness (QED) is 0.574. The number of ether oxygens (including phenoxy) is 1. The lowest BCUT2D eigenvalue weighted by Gasteiger charge is -2.12. The predicted molar refractivity (Wildman–Crippen MR) is 94.3 cm³/mol. The molecule has 0 spiro atoms. The van der Waals surface area contributed by atoms with Crippen LogP contribution < -0.4 is 10.2 Å². The highest BCUT2D eigenvalue weighted by Gasteiger charge is 2.23. The van der Waals surface area contributed by atoms with Gasteiger partial charge in [-0.05, 0) is 34.4 Å². The number of carbonyl (C=O) groups is 2. The fraction of sp³-hybridized carbons (Fsp3) is 0.100. The molecule has 1 N–H and O–H groups in total. The molecule has 0 saturated carbocycles. The summed E-state index contributed by atoms with van der Waals surface area (Å²) in [6.07, 6.45) is 1.57. The number of Topliss-reactive ketones (excluding diaryl/α,β-unsaturated/α-hetero) is 1. The van der Waals surface area contributed by atoms with Crippen molar-refractivity contribution < 1.29 is 19.2 Å². The molecule has 3 aromatic rings. The standard InChI is InChI=1S/C20H15NO4/c1-12(22)25-21-18-10-11-24-20-16-7-6-13-4-2-3-5-14(13)15(16)8-9-17(20)19(18)23/h2-10,21H,11H2,1H3. The summed E-state index contributed by atoms with van der Waals surface area (Å²) in [6, 6.07) is 15.7. The number of hydrogen-bond donors (Lipinski definition) is 1. The third kappa shape index (κ3) is 2.59. The van der Waals surface area contributed by atoms with Crippen molar-refractivity contribution >= 4 is 33.3 Å². The Balaban J connectivity index is 1.85. The molecule has 0 saturated heterocycles. The molecule has 0 aliphatic carbocycles. The largest absolute Gasteiger partial charge is 0.488 e. The fourth-order valence-electron chi connectivity index (χ4n) is 3.06. The number of allylic oxidation sites excluding steroid dienone is 1. The van der Waals surface area contributed by atoms with Gasteiger partial charge in [0.2, 0.25) is 5.78 Å². The van der Waals surface area contributed by atoms with Crippen LogP contribution in [-0.2, 0) is 9.63 Å². The molecule has 0 atom stereocenters. The number of hydrogen-bond acceptors (Lipinski definition) is 5. The van der Waals surface area contributed by atoms with Gasteiger partial charge in [0.15, 0.2) is 0 Å². The molecule has 0 aromatic heterocycles. The Morgan fingerprint density at radius 2 is 1.84 bits per heavy atom. The van der Waals surface area contributed by atoms with Crippen LogP contribution in [0.25, 0.3) is 21.5 Å². The number of rotatable bonds is 2. The van der Waals surface area contributed by atoms with Crippen LogP contribution in [0.15, 0.2) is 60.3 Å². The summed E-state index contributed by atoms with van der Waals surface area (Å²) in [6.45, 7) is 1.46. The lowest BCUT2D eigenvalue weighted by molar-refractivity contribution is -0.146. The van der Waals surface area contributed by atoms with Crippen LogP contribution in [0.2, 0.25) is 0 Å². The highest BCUT2D eigenvalue weighted by atomic mass is 16.7.